The normalized spacial score (nSPS) is 11.2. The zero-order valence-electron chi connectivity index (χ0n) is 17.2. The average molecular weight is 402 g/mol. The number of amides is 1. The highest BCUT2D eigenvalue weighted by atomic mass is 16.5. The lowest BCUT2D eigenvalue weighted by atomic mass is 10.2. The Hall–Kier alpha value is -3.07. The monoisotopic (exact) mass is 402 g/mol. The minimum atomic E-state index is -0.336. The van der Waals surface area contributed by atoms with Crippen molar-refractivity contribution in [1.29, 1.82) is 0 Å². The molecule has 0 aliphatic carbocycles. The highest BCUT2D eigenvalue weighted by molar-refractivity contribution is 5.96. The van der Waals surface area contributed by atoms with Crippen molar-refractivity contribution in [3.63, 3.8) is 0 Å². The fourth-order valence-electron chi connectivity index (χ4n) is 3.33. The van der Waals surface area contributed by atoms with Gasteiger partial charge in [-0.3, -0.25) is 14.3 Å². The van der Waals surface area contributed by atoms with Crippen LogP contribution in [0.5, 0.6) is 11.5 Å². The topological polar surface area (TPSA) is 96.1 Å². The molecule has 2 heterocycles. The number of carbonyl (C=O) groups excluding carboxylic acids is 1. The predicted octanol–water partition coefficient (Wildman–Crippen LogP) is 1.52. The van der Waals surface area contributed by atoms with E-state index in [4.69, 9.17) is 14.2 Å². The van der Waals surface area contributed by atoms with Crippen molar-refractivity contribution < 1.29 is 19.0 Å². The van der Waals surface area contributed by atoms with Crippen LogP contribution in [0.2, 0.25) is 0 Å². The third-order valence-electron chi connectivity index (χ3n) is 4.63. The van der Waals surface area contributed by atoms with Crippen molar-refractivity contribution in [3.8, 4) is 11.5 Å². The number of carbonyl (C=O) groups is 1. The zero-order valence-corrected chi connectivity index (χ0v) is 17.2. The molecule has 0 saturated carbocycles. The molecule has 29 heavy (non-hydrogen) atoms. The maximum atomic E-state index is 12.6. The number of rotatable bonds is 9. The molecule has 0 radical (unpaired) electrons. The molecule has 1 amide bonds. The SMILES string of the molecule is CCOCCCNC(=O)Cn1c2cc(OC)c(OC)cc2c2nc(=O)cc(C)n21. The molecule has 1 N–H and O–H groups in total. The molecule has 156 valence electrons. The van der Waals surface area contributed by atoms with Crippen molar-refractivity contribution in [2.24, 2.45) is 0 Å². The lowest BCUT2D eigenvalue weighted by molar-refractivity contribution is -0.121. The molecule has 0 atom stereocenters. The van der Waals surface area contributed by atoms with Gasteiger partial charge in [-0.2, -0.15) is 4.98 Å². The van der Waals surface area contributed by atoms with Crippen molar-refractivity contribution >= 4 is 22.5 Å². The Morgan fingerprint density at radius 3 is 2.59 bits per heavy atom. The third kappa shape index (κ3) is 4.19. The van der Waals surface area contributed by atoms with E-state index in [1.54, 1.807) is 42.5 Å². The van der Waals surface area contributed by atoms with E-state index in [2.05, 4.69) is 10.3 Å². The predicted molar refractivity (Wildman–Crippen MR) is 109 cm³/mol. The molecule has 9 nitrogen and oxygen atoms in total. The van der Waals surface area contributed by atoms with E-state index in [-0.39, 0.29) is 18.0 Å². The molecule has 0 aliphatic heterocycles. The molecule has 1 aromatic carbocycles. The summed E-state index contributed by atoms with van der Waals surface area (Å²) in [5, 5.41) is 3.60. The van der Waals surface area contributed by atoms with Gasteiger partial charge in [-0.25, -0.2) is 4.52 Å². The first-order valence-electron chi connectivity index (χ1n) is 9.49. The Morgan fingerprint density at radius 1 is 1.17 bits per heavy atom. The number of hydrogen-bond donors (Lipinski definition) is 1. The van der Waals surface area contributed by atoms with Crippen molar-refractivity contribution in [3.05, 3.63) is 34.2 Å². The van der Waals surface area contributed by atoms with Crippen LogP contribution in [0.3, 0.4) is 0 Å². The first-order chi connectivity index (χ1) is 14.0. The Bertz CT molecular complexity index is 1090. The number of nitrogens with zero attached hydrogens (tertiary/aromatic N) is 3. The Labute approximate surface area is 168 Å². The van der Waals surface area contributed by atoms with Gasteiger partial charge in [0.1, 0.15) is 6.54 Å². The number of aromatic nitrogens is 3. The van der Waals surface area contributed by atoms with Gasteiger partial charge in [-0.05, 0) is 26.3 Å². The van der Waals surface area contributed by atoms with Gasteiger partial charge in [0.2, 0.25) is 5.91 Å². The number of aryl methyl sites for hydroxylation is 1. The number of benzene rings is 1. The second-order valence-corrected chi connectivity index (χ2v) is 6.55. The first-order valence-corrected chi connectivity index (χ1v) is 9.49. The lowest BCUT2D eigenvalue weighted by Gasteiger charge is -2.12. The van der Waals surface area contributed by atoms with E-state index in [1.807, 2.05) is 6.92 Å². The smallest absolute Gasteiger partial charge is 0.273 e. The summed E-state index contributed by atoms with van der Waals surface area (Å²) in [5.74, 6) is 0.908. The summed E-state index contributed by atoms with van der Waals surface area (Å²) in [7, 11) is 3.09. The van der Waals surface area contributed by atoms with Crippen LogP contribution in [0.1, 0.15) is 19.0 Å². The van der Waals surface area contributed by atoms with Crippen LogP contribution in [-0.4, -0.2) is 54.1 Å². The standard InChI is InChI=1S/C20H26N4O5/c1-5-29-8-6-7-21-19(26)12-23-15-11-17(28-4)16(27-3)10-14(15)20-22-18(25)9-13(2)24(20)23/h9-11H,5-8,12H2,1-4H3,(H,21,26). The number of nitrogens with one attached hydrogen (secondary N) is 1. The van der Waals surface area contributed by atoms with Gasteiger partial charge in [-0.15, -0.1) is 0 Å². The van der Waals surface area contributed by atoms with E-state index in [0.717, 1.165) is 6.42 Å². The molecule has 0 unspecified atom stereocenters. The van der Waals surface area contributed by atoms with Gasteiger partial charge in [0.25, 0.3) is 5.56 Å². The molecule has 3 rings (SSSR count). The third-order valence-corrected chi connectivity index (χ3v) is 4.63. The molecule has 0 aliphatic rings. The van der Waals surface area contributed by atoms with Gasteiger partial charge in [-0.1, -0.05) is 0 Å². The number of methoxy groups -OCH3 is 2. The molecular formula is C20H26N4O5. The maximum Gasteiger partial charge on any atom is 0.273 e. The highest BCUT2D eigenvalue weighted by Crippen LogP contribution is 2.34. The van der Waals surface area contributed by atoms with E-state index < -0.39 is 0 Å². The Morgan fingerprint density at radius 2 is 1.90 bits per heavy atom. The van der Waals surface area contributed by atoms with Crippen molar-refractivity contribution in [1.82, 2.24) is 19.5 Å². The fourth-order valence-corrected chi connectivity index (χ4v) is 3.33. The van der Waals surface area contributed by atoms with Crippen LogP contribution in [-0.2, 0) is 16.1 Å². The molecule has 0 spiro atoms. The maximum absolute atomic E-state index is 12.6. The molecule has 0 saturated heterocycles. The molecular weight excluding hydrogens is 376 g/mol. The van der Waals surface area contributed by atoms with Gasteiger partial charge in [0, 0.05) is 43.0 Å². The van der Waals surface area contributed by atoms with Crippen LogP contribution >= 0.6 is 0 Å². The van der Waals surface area contributed by atoms with Crippen LogP contribution in [0.15, 0.2) is 23.0 Å². The summed E-state index contributed by atoms with van der Waals surface area (Å²) in [5.41, 5.74) is 1.53. The summed E-state index contributed by atoms with van der Waals surface area (Å²) < 4.78 is 19.6. The minimum Gasteiger partial charge on any atom is -0.493 e. The fraction of sp³-hybridized carbons (Fsp3) is 0.450. The molecule has 9 heteroatoms. The number of fused-ring (bicyclic) bond motifs is 3. The summed E-state index contributed by atoms with van der Waals surface area (Å²) in [6, 6.07) is 5.00. The second kappa shape index (κ2) is 8.95. The van der Waals surface area contributed by atoms with E-state index >= 15 is 0 Å². The van der Waals surface area contributed by atoms with Crippen LogP contribution < -0.4 is 20.3 Å². The van der Waals surface area contributed by atoms with E-state index in [9.17, 15) is 9.59 Å². The molecule has 3 aromatic rings. The summed E-state index contributed by atoms with van der Waals surface area (Å²) in [6.45, 7) is 5.60. The van der Waals surface area contributed by atoms with E-state index in [0.29, 0.717) is 53.5 Å². The molecule has 0 bridgehead atoms. The lowest BCUT2D eigenvalue weighted by Crippen LogP contribution is -2.30. The minimum absolute atomic E-state index is 0.0650. The van der Waals surface area contributed by atoms with Gasteiger partial charge >= 0.3 is 0 Å². The van der Waals surface area contributed by atoms with Gasteiger partial charge < -0.3 is 19.5 Å². The Kier molecular flexibility index (Phi) is 6.38. The first kappa shape index (κ1) is 20.7. The highest BCUT2D eigenvalue weighted by Gasteiger charge is 2.19. The molecule has 0 fully saturated rings. The summed E-state index contributed by atoms with van der Waals surface area (Å²) >= 11 is 0. The van der Waals surface area contributed by atoms with Gasteiger partial charge in [0.15, 0.2) is 17.1 Å². The molecule has 2 aromatic heterocycles. The van der Waals surface area contributed by atoms with Crippen molar-refractivity contribution in [2.45, 2.75) is 26.8 Å². The van der Waals surface area contributed by atoms with Crippen molar-refractivity contribution in [2.75, 3.05) is 34.0 Å². The Balaban J connectivity index is 2.04. The second-order valence-electron chi connectivity index (χ2n) is 6.55. The van der Waals surface area contributed by atoms with Crippen LogP contribution in [0.4, 0.5) is 0 Å². The number of ether oxygens (including phenoxy) is 3. The summed E-state index contributed by atoms with van der Waals surface area (Å²) in [4.78, 5) is 28.7. The van der Waals surface area contributed by atoms with E-state index in [1.165, 1.54) is 6.07 Å². The zero-order chi connectivity index (χ0) is 21.0. The number of hydrogen-bond acceptors (Lipinski definition) is 6. The van der Waals surface area contributed by atoms with Crippen LogP contribution in [0.25, 0.3) is 16.6 Å². The largest absolute Gasteiger partial charge is 0.493 e. The quantitative estimate of drug-likeness (QED) is 0.545. The van der Waals surface area contributed by atoms with Gasteiger partial charge in [0.05, 0.1) is 19.7 Å². The average Bonchev–Trinajstić information content (AvgIpc) is 2.99. The summed E-state index contributed by atoms with van der Waals surface area (Å²) in [6.07, 6.45) is 0.741. The van der Waals surface area contributed by atoms with Crippen LogP contribution in [0, 0.1) is 6.92 Å².